The van der Waals surface area contributed by atoms with E-state index in [2.05, 4.69) is 5.92 Å². The molecule has 4 atom stereocenters. The lowest BCUT2D eigenvalue weighted by molar-refractivity contribution is -0.178. The maximum Gasteiger partial charge on any atom is 0.203 e. The molecule has 0 aliphatic heterocycles. The number of carbonyl (C=O) groups is 3. The second kappa shape index (κ2) is 10.7. The molecule has 0 spiro atoms. The molecule has 4 N–H and O–H groups in total. The van der Waals surface area contributed by atoms with Crippen molar-refractivity contribution in [2.75, 3.05) is 0 Å². The van der Waals surface area contributed by atoms with Gasteiger partial charge in [0.1, 0.15) is 22.8 Å². The van der Waals surface area contributed by atoms with Gasteiger partial charge in [-0.05, 0) is 78.8 Å². The number of aliphatic hydroxyl groups is 3. The van der Waals surface area contributed by atoms with Crippen LogP contribution in [-0.4, -0.2) is 43.4 Å². The van der Waals surface area contributed by atoms with Gasteiger partial charge in [-0.2, -0.15) is 0 Å². The molecule has 0 radical (unpaired) electrons. The number of Topliss-reactive ketones (excluding diaryl/α,β-unsaturated/α-hetero) is 3. The third-order valence-corrected chi connectivity index (χ3v) is 10.5. The van der Waals surface area contributed by atoms with E-state index < -0.39 is 56.8 Å². The number of terminal acetylenes is 1. The van der Waals surface area contributed by atoms with Gasteiger partial charge in [0, 0.05) is 27.9 Å². The minimum absolute atomic E-state index is 0.0162. The van der Waals surface area contributed by atoms with E-state index >= 15 is 0 Å². The van der Waals surface area contributed by atoms with Gasteiger partial charge in [0.05, 0.1) is 5.56 Å². The largest absolute Gasteiger partial charge is 0.508 e. The highest BCUT2D eigenvalue weighted by atomic mass is 16.3. The summed E-state index contributed by atoms with van der Waals surface area (Å²) in [6.45, 7) is 12.2. The first-order valence-corrected chi connectivity index (χ1v) is 15.6. The Bertz CT molecular complexity index is 1750. The molecule has 0 bridgehead atoms. The Morgan fingerprint density at radius 3 is 2.20 bits per heavy atom. The van der Waals surface area contributed by atoms with Crippen LogP contribution in [0.4, 0.5) is 0 Å². The molecule has 45 heavy (non-hydrogen) atoms. The van der Waals surface area contributed by atoms with Gasteiger partial charge in [-0.15, -0.1) is 6.42 Å². The predicted molar refractivity (Wildman–Crippen MR) is 172 cm³/mol. The van der Waals surface area contributed by atoms with Crippen molar-refractivity contribution in [1.82, 2.24) is 0 Å². The number of benzene rings is 2. The van der Waals surface area contributed by atoms with Crippen LogP contribution in [0.3, 0.4) is 0 Å². The summed E-state index contributed by atoms with van der Waals surface area (Å²) in [4.78, 5) is 40.9. The molecule has 1 fully saturated rings. The highest BCUT2D eigenvalue weighted by molar-refractivity contribution is 6.24. The maximum atomic E-state index is 14.6. The number of phenols is 1. The number of aryl methyl sites for hydroxylation is 2. The molecule has 3 aliphatic rings. The number of rotatable bonds is 6. The number of phenolic OH excluding ortho intramolecular Hbond substituents is 1. The second-order valence-electron chi connectivity index (χ2n) is 14.3. The molecule has 0 heterocycles. The Hall–Kier alpha value is -4.15. The molecular weight excluding hydrogens is 568 g/mol. The van der Waals surface area contributed by atoms with E-state index in [1.807, 2.05) is 51.1 Å². The first kappa shape index (κ1) is 32.2. The maximum absolute atomic E-state index is 14.6. The van der Waals surface area contributed by atoms with Crippen LogP contribution >= 0.6 is 0 Å². The van der Waals surface area contributed by atoms with Crippen LogP contribution in [0, 0.1) is 35.0 Å². The zero-order chi connectivity index (χ0) is 33.4. The first-order valence-electron chi connectivity index (χ1n) is 15.6. The summed E-state index contributed by atoms with van der Waals surface area (Å²) < 4.78 is 0. The lowest BCUT2D eigenvalue weighted by Crippen LogP contribution is -2.69. The minimum Gasteiger partial charge on any atom is -0.508 e. The smallest absolute Gasteiger partial charge is 0.203 e. The van der Waals surface area contributed by atoms with Gasteiger partial charge >= 0.3 is 0 Å². The van der Waals surface area contributed by atoms with E-state index in [1.165, 1.54) is 0 Å². The van der Waals surface area contributed by atoms with Crippen molar-refractivity contribution in [2.24, 2.45) is 22.7 Å². The first-order chi connectivity index (χ1) is 20.9. The number of hydrogen-bond donors (Lipinski definition) is 4. The summed E-state index contributed by atoms with van der Waals surface area (Å²) in [6.07, 6.45) is 6.86. The van der Waals surface area contributed by atoms with E-state index in [0.29, 0.717) is 24.0 Å². The molecule has 7 nitrogen and oxygen atoms in total. The van der Waals surface area contributed by atoms with Gasteiger partial charge in [-0.3, -0.25) is 14.4 Å². The Morgan fingerprint density at radius 1 is 1.04 bits per heavy atom. The van der Waals surface area contributed by atoms with Crippen LogP contribution in [0.2, 0.25) is 0 Å². The van der Waals surface area contributed by atoms with Crippen LogP contribution in [0.15, 0.2) is 47.2 Å². The molecule has 7 heteroatoms. The van der Waals surface area contributed by atoms with E-state index in [0.717, 1.165) is 23.6 Å². The van der Waals surface area contributed by atoms with Crippen molar-refractivity contribution < 1.29 is 34.8 Å². The van der Waals surface area contributed by atoms with Crippen LogP contribution in [0.5, 0.6) is 5.75 Å². The molecular formula is C38H42O7. The lowest BCUT2D eigenvalue weighted by Gasteiger charge is -2.60. The number of aliphatic hydroxyl groups excluding tert-OH is 2. The molecule has 2 aromatic carbocycles. The SMILES string of the molecule is C#Cc1ccc(CCc2cc(C(C)C)c3c(c2O)C(O)=C2C(=O)[C@@]4(O)C(O)=C(C(C)=O)C(=O)C(C(C)C)[C@@]4(C)C[C@@]2(C)C3)cc1. The number of allylic oxidation sites excluding steroid dienone is 1. The molecule has 1 unspecified atom stereocenters. The fourth-order valence-electron chi connectivity index (χ4n) is 8.62. The van der Waals surface area contributed by atoms with Crippen LogP contribution < -0.4 is 0 Å². The van der Waals surface area contributed by atoms with E-state index in [4.69, 9.17) is 6.42 Å². The molecule has 2 aromatic rings. The van der Waals surface area contributed by atoms with Crippen molar-refractivity contribution in [3.8, 4) is 18.1 Å². The third-order valence-electron chi connectivity index (χ3n) is 10.5. The summed E-state index contributed by atoms with van der Waals surface area (Å²) in [5.74, 6) is -2.55. The predicted octanol–water partition coefficient (Wildman–Crippen LogP) is 6.08. The Kier molecular flexibility index (Phi) is 7.69. The van der Waals surface area contributed by atoms with Crippen molar-refractivity contribution >= 4 is 23.1 Å². The van der Waals surface area contributed by atoms with Gasteiger partial charge in [0.15, 0.2) is 17.2 Å². The summed E-state index contributed by atoms with van der Waals surface area (Å²) in [5, 5.41) is 47.3. The average Bonchev–Trinajstić information content (AvgIpc) is 2.94. The van der Waals surface area contributed by atoms with Gasteiger partial charge in [0.2, 0.25) is 5.78 Å². The highest BCUT2D eigenvalue weighted by Gasteiger charge is 2.72. The standard InChI is InChI=1S/C38H42O7/c1-9-22-10-12-23(13-11-22)14-15-24-16-25(19(2)3)26-17-36(7)18-37(8)29(20(4)5)32(41)27(21(6)39)34(43)38(37,45)35(44)30(36)33(42)28(26)31(24)40/h1,10-13,16,19-20,29,40,42-43,45H,14-15,17-18H2,2-8H3/t29?,36-,37-,38+/m1/s1. The number of aromatic hydroxyl groups is 1. The number of carbonyl (C=O) groups excluding carboxylic acids is 3. The summed E-state index contributed by atoms with van der Waals surface area (Å²) in [5.41, 5.74) is -1.68. The Labute approximate surface area is 264 Å². The quantitative estimate of drug-likeness (QED) is 0.230. The molecule has 0 aromatic heterocycles. The highest BCUT2D eigenvalue weighted by Crippen LogP contribution is 2.65. The van der Waals surface area contributed by atoms with Gasteiger partial charge in [-0.25, -0.2) is 0 Å². The van der Waals surface area contributed by atoms with Crippen LogP contribution in [0.1, 0.15) is 94.2 Å². The van der Waals surface area contributed by atoms with E-state index in [-0.39, 0.29) is 41.6 Å². The number of hydrogen-bond acceptors (Lipinski definition) is 7. The zero-order valence-electron chi connectivity index (χ0n) is 27.0. The van der Waals surface area contributed by atoms with Gasteiger partial charge < -0.3 is 20.4 Å². The number of ketones is 3. The molecule has 236 valence electrons. The summed E-state index contributed by atoms with van der Waals surface area (Å²) in [6, 6.07) is 9.55. The molecule has 0 amide bonds. The van der Waals surface area contributed by atoms with Crippen LogP contribution in [-0.2, 0) is 33.6 Å². The van der Waals surface area contributed by atoms with Crippen molar-refractivity contribution in [3.63, 3.8) is 0 Å². The van der Waals surface area contributed by atoms with Crippen molar-refractivity contribution in [2.45, 2.75) is 85.7 Å². The molecule has 3 aliphatic carbocycles. The zero-order valence-corrected chi connectivity index (χ0v) is 27.0. The molecule has 5 rings (SSSR count). The third kappa shape index (κ3) is 4.48. The molecule has 1 saturated carbocycles. The summed E-state index contributed by atoms with van der Waals surface area (Å²) in [7, 11) is 0. The van der Waals surface area contributed by atoms with Gasteiger partial charge in [0.25, 0.3) is 0 Å². The Balaban J connectivity index is 1.72. The Morgan fingerprint density at radius 2 is 1.67 bits per heavy atom. The van der Waals surface area contributed by atoms with Crippen molar-refractivity contribution in [3.05, 3.63) is 80.6 Å². The fourth-order valence-corrected chi connectivity index (χ4v) is 8.62. The summed E-state index contributed by atoms with van der Waals surface area (Å²) >= 11 is 0. The average molecular weight is 611 g/mol. The second-order valence-corrected chi connectivity index (χ2v) is 14.3. The van der Waals surface area contributed by atoms with Gasteiger partial charge in [-0.1, -0.05) is 65.7 Å². The monoisotopic (exact) mass is 610 g/mol. The van der Waals surface area contributed by atoms with E-state index in [9.17, 15) is 34.8 Å². The van der Waals surface area contributed by atoms with Crippen molar-refractivity contribution in [1.29, 1.82) is 0 Å². The topological polar surface area (TPSA) is 132 Å². The van der Waals surface area contributed by atoms with E-state index in [1.54, 1.807) is 20.8 Å². The fraction of sp³-hybridized carbons (Fsp3) is 0.447. The minimum atomic E-state index is -2.63. The molecule has 0 saturated heterocycles. The van der Waals surface area contributed by atoms with Crippen LogP contribution in [0.25, 0.3) is 5.76 Å². The lowest BCUT2D eigenvalue weighted by atomic mass is 9.43. The number of fused-ring (bicyclic) bond motifs is 3. The normalized spacial score (nSPS) is 27.8.